The molecule has 2 rings (SSSR count). The number of aliphatic hydroxyl groups excluding tert-OH is 1. The summed E-state index contributed by atoms with van der Waals surface area (Å²) in [4.78, 5) is 0. The van der Waals surface area contributed by atoms with Gasteiger partial charge in [0.1, 0.15) is 5.75 Å². The highest BCUT2D eigenvalue weighted by atomic mass is 16.5. The van der Waals surface area contributed by atoms with Gasteiger partial charge in [0.15, 0.2) is 0 Å². The predicted molar refractivity (Wildman–Crippen MR) is 84.3 cm³/mol. The quantitative estimate of drug-likeness (QED) is 0.780. The van der Waals surface area contributed by atoms with E-state index in [4.69, 9.17) is 9.47 Å². The van der Waals surface area contributed by atoms with E-state index in [2.05, 4.69) is 13.8 Å². The number of aliphatic hydroxyl groups is 1. The predicted octanol–water partition coefficient (Wildman–Crippen LogP) is 3.65. The Balaban J connectivity index is 1.68. The van der Waals surface area contributed by atoms with Crippen molar-refractivity contribution < 1.29 is 14.6 Å². The number of hydrogen-bond donors (Lipinski definition) is 1. The fraction of sp³-hybridized carbons (Fsp3) is 0.667. The van der Waals surface area contributed by atoms with E-state index >= 15 is 0 Å². The number of rotatable bonds is 7. The van der Waals surface area contributed by atoms with E-state index in [0.717, 1.165) is 25.2 Å². The molecule has 0 bridgehead atoms. The smallest absolute Gasteiger partial charge is 0.118 e. The molecule has 118 valence electrons. The number of ether oxygens (including phenoxy) is 2. The van der Waals surface area contributed by atoms with Crippen molar-refractivity contribution in [2.75, 3.05) is 13.7 Å². The molecule has 0 radical (unpaired) electrons. The van der Waals surface area contributed by atoms with Gasteiger partial charge in [0.05, 0.1) is 19.8 Å². The van der Waals surface area contributed by atoms with Crippen LogP contribution in [0.2, 0.25) is 0 Å². The minimum absolute atomic E-state index is 0.198. The summed E-state index contributed by atoms with van der Waals surface area (Å²) in [5.41, 5.74) is 1.41. The van der Waals surface area contributed by atoms with Crippen molar-refractivity contribution in [3.05, 3.63) is 29.8 Å². The molecule has 1 aromatic carbocycles. The number of hydrogen-bond acceptors (Lipinski definition) is 3. The van der Waals surface area contributed by atoms with Crippen molar-refractivity contribution >= 4 is 0 Å². The Labute approximate surface area is 128 Å². The van der Waals surface area contributed by atoms with E-state index in [0.29, 0.717) is 18.4 Å². The van der Waals surface area contributed by atoms with Gasteiger partial charge in [-0.3, -0.25) is 0 Å². The van der Waals surface area contributed by atoms with Crippen LogP contribution in [0.15, 0.2) is 24.3 Å². The Bertz CT molecular complexity index is 436. The number of benzene rings is 1. The maximum Gasteiger partial charge on any atom is 0.118 e. The first-order valence-electron chi connectivity index (χ1n) is 7.84. The third-order valence-electron chi connectivity index (χ3n) is 5.17. The van der Waals surface area contributed by atoms with Crippen molar-refractivity contribution in [2.45, 2.75) is 46.3 Å². The molecule has 3 heteroatoms. The van der Waals surface area contributed by atoms with Crippen LogP contribution in [0.5, 0.6) is 5.75 Å². The van der Waals surface area contributed by atoms with E-state index < -0.39 is 0 Å². The van der Waals surface area contributed by atoms with Gasteiger partial charge in [-0.05, 0) is 54.7 Å². The molecular weight excluding hydrogens is 264 g/mol. The van der Waals surface area contributed by atoms with Gasteiger partial charge >= 0.3 is 0 Å². The van der Waals surface area contributed by atoms with Crippen LogP contribution in [0.3, 0.4) is 0 Å². The molecule has 0 saturated heterocycles. The fourth-order valence-electron chi connectivity index (χ4n) is 3.50. The summed E-state index contributed by atoms with van der Waals surface area (Å²) in [6, 6.07) is 7.99. The first kappa shape index (κ1) is 16.3. The lowest BCUT2D eigenvalue weighted by Gasteiger charge is -2.54. The van der Waals surface area contributed by atoms with Crippen LogP contribution in [-0.2, 0) is 11.3 Å². The van der Waals surface area contributed by atoms with Crippen LogP contribution in [0.25, 0.3) is 0 Å². The van der Waals surface area contributed by atoms with Crippen molar-refractivity contribution in [1.82, 2.24) is 0 Å². The first-order valence-corrected chi connectivity index (χ1v) is 7.84. The fourth-order valence-corrected chi connectivity index (χ4v) is 3.50. The van der Waals surface area contributed by atoms with E-state index in [9.17, 15) is 5.11 Å². The zero-order chi connectivity index (χ0) is 15.5. The lowest BCUT2D eigenvalue weighted by atomic mass is 9.52. The zero-order valence-electron chi connectivity index (χ0n) is 13.6. The highest BCUT2D eigenvalue weighted by Gasteiger charge is 2.49. The molecule has 0 aliphatic heterocycles. The molecule has 1 aromatic rings. The Morgan fingerprint density at radius 1 is 1.29 bits per heavy atom. The van der Waals surface area contributed by atoms with Gasteiger partial charge in [0.25, 0.3) is 0 Å². The monoisotopic (exact) mass is 292 g/mol. The SMILES string of the molecule is COc1ccc(COCC[C@@H]2C[C@H](C(C)O)C2(C)C)cc1. The van der Waals surface area contributed by atoms with Crippen LogP contribution in [0, 0.1) is 17.3 Å². The molecule has 21 heavy (non-hydrogen) atoms. The Hall–Kier alpha value is -1.06. The standard InChI is InChI=1S/C18H28O3/c1-13(19)17-11-15(18(17,2)3)9-10-21-12-14-5-7-16(20-4)8-6-14/h5-8,13,15,17,19H,9-12H2,1-4H3/t13?,15-,17-/m1/s1. The highest BCUT2D eigenvalue weighted by Crippen LogP contribution is 2.54. The summed E-state index contributed by atoms with van der Waals surface area (Å²) in [6.07, 6.45) is 2.00. The highest BCUT2D eigenvalue weighted by molar-refractivity contribution is 5.26. The molecule has 3 atom stereocenters. The summed E-state index contributed by atoms with van der Waals surface area (Å²) in [7, 11) is 1.67. The molecule has 1 aliphatic carbocycles. The van der Waals surface area contributed by atoms with E-state index in [1.807, 2.05) is 31.2 Å². The molecule has 0 aromatic heterocycles. The maximum absolute atomic E-state index is 9.75. The van der Waals surface area contributed by atoms with Gasteiger partial charge in [-0.2, -0.15) is 0 Å². The van der Waals surface area contributed by atoms with Gasteiger partial charge < -0.3 is 14.6 Å². The lowest BCUT2D eigenvalue weighted by molar-refractivity contribution is -0.0982. The van der Waals surface area contributed by atoms with Crippen LogP contribution in [-0.4, -0.2) is 24.9 Å². The van der Waals surface area contributed by atoms with Gasteiger partial charge in [-0.25, -0.2) is 0 Å². The lowest BCUT2D eigenvalue weighted by Crippen LogP contribution is -2.49. The van der Waals surface area contributed by atoms with E-state index in [1.54, 1.807) is 7.11 Å². The van der Waals surface area contributed by atoms with Gasteiger partial charge in [0, 0.05) is 6.61 Å². The summed E-state index contributed by atoms with van der Waals surface area (Å²) in [5, 5.41) is 9.75. The summed E-state index contributed by atoms with van der Waals surface area (Å²) in [5.74, 6) is 1.97. The van der Waals surface area contributed by atoms with Crippen molar-refractivity contribution in [3.63, 3.8) is 0 Å². The molecule has 0 amide bonds. The van der Waals surface area contributed by atoms with Gasteiger partial charge in [-0.1, -0.05) is 26.0 Å². The second kappa shape index (κ2) is 6.80. The normalized spacial score (nSPS) is 25.2. The van der Waals surface area contributed by atoms with Crippen LogP contribution < -0.4 is 4.74 Å². The molecule has 1 fully saturated rings. The molecule has 3 nitrogen and oxygen atoms in total. The van der Waals surface area contributed by atoms with E-state index in [-0.39, 0.29) is 11.5 Å². The van der Waals surface area contributed by atoms with Crippen LogP contribution in [0.4, 0.5) is 0 Å². The van der Waals surface area contributed by atoms with Gasteiger partial charge in [0.2, 0.25) is 0 Å². The topological polar surface area (TPSA) is 38.7 Å². The molecular formula is C18H28O3. The third kappa shape index (κ3) is 3.78. The van der Waals surface area contributed by atoms with Crippen LogP contribution in [0.1, 0.15) is 39.2 Å². The Morgan fingerprint density at radius 3 is 2.48 bits per heavy atom. The van der Waals surface area contributed by atoms with Gasteiger partial charge in [-0.15, -0.1) is 0 Å². The summed E-state index contributed by atoms with van der Waals surface area (Å²) in [6.45, 7) is 7.87. The first-order chi connectivity index (χ1) is 9.95. The number of methoxy groups -OCH3 is 1. The molecule has 0 heterocycles. The van der Waals surface area contributed by atoms with Crippen LogP contribution >= 0.6 is 0 Å². The largest absolute Gasteiger partial charge is 0.497 e. The third-order valence-corrected chi connectivity index (χ3v) is 5.17. The maximum atomic E-state index is 9.75. The molecule has 1 aliphatic rings. The zero-order valence-corrected chi connectivity index (χ0v) is 13.6. The van der Waals surface area contributed by atoms with E-state index in [1.165, 1.54) is 5.56 Å². The molecule has 1 saturated carbocycles. The Kier molecular flexibility index (Phi) is 5.28. The van der Waals surface area contributed by atoms with Crippen molar-refractivity contribution in [2.24, 2.45) is 17.3 Å². The minimum Gasteiger partial charge on any atom is -0.497 e. The molecule has 1 unspecified atom stereocenters. The molecule has 0 spiro atoms. The van der Waals surface area contributed by atoms with Crippen molar-refractivity contribution in [1.29, 1.82) is 0 Å². The average molecular weight is 292 g/mol. The van der Waals surface area contributed by atoms with Crippen molar-refractivity contribution in [3.8, 4) is 5.75 Å². The summed E-state index contributed by atoms with van der Waals surface area (Å²) >= 11 is 0. The second-order valence-corrected chi connectivity index (χ2v) is 6.79. The minimum atomic E-state index is -0.198. The molecule has 1 N–H and O–H groups in total. The Morgan fingerprint density at radius 2 is 1.95 bits per heavy atom. The second-order valence-electron chi connectivity index (χ2n) is 6.79. The average Bonchev–Trinajstić information content (AvgIpc) is 2.45. The summed E-state index contributed by atoms with van der Waals surface area (Å²) < 4.78 is 10.9.